The van der Waals surface area contributed by atoms with Gasteiger partial charge in [0.15, 0.2) is 5.60 Å². The van der Waals surface area contributed by atoms with Crippen LogP contribution in [0.2, 0.25) is 0 Å². The molecule has 126 valence electrons. The summed E-state index contributed by atoms with van der Waals surface area (Å²) in [6, 6.07) is 3.54. The number of hydrogen-bond donors (Lipinski definition) is 4. The number of amides is 2. The van der Waals surface area contributed by atoms with Crippen molar-refractivity contribution < 1.29 is 34.1 Å². The maximum absolute atomic E-state index is 11.7. The van der Waals surface area contributed by atoms with Gasteiger partial charge in [-0.1, -0.05) is 0 Å². The number of carboxylic acid groups (broad SMARTS) is 1. The van der Waals surface area contributed by atoms with Gasteiger partial charge in [-0.3, -0.25) is 0 Å². The molecular formula is C14H18N2O7. The molecule has 0 aliphatic heterocycles. The van der Waals surface area contributed by atoms with Crippen LogP contribution < -0.4 is 15.4 Å². The highest BCUT2D eigenvalue weighted by atomic mass is 16.5. The van der Waals surface area contributed by atoms with E-state index in [1.54, 1.807) is 0 Å². The molecule has 0 heterocycles. The van der Waals surface area contributed by atoms with Gasteiger partial charge in [0.1, 0.15) is 11.3 Å². The number of nitrogens with one attached hydrogen (secondary N) is 2. The van der Waals surface area contributed by atoms with E-state index < -0.39 is 30.1 Å². The van der Waals surface area contributed by atoms with E-state index in [4.69, 9.17) is 9.84 Å². The summed E-state index contributed by atoms with van der Waals surface area (Å²) >= 11 is 0. The molecule has 1 unspecified atom stereocenters. The second-order valence-electron chi connectivity index (χ2n) is 4.79. The third-order valence-corrected chi connectivity index (χ3v) is 2.92. The summed E-state index contributed by atoms with van der Waals surface area (Å²) in [6.07, 6.45) is 0. The number of carboxylic acids is 1. The first kappa shape index (κ1) is 18.2. The first-order valence-corrected chi connectivity index (χ1v) is 6.48. The third-order valence-electron chi connectivity index (χ3n) is 2.92. The van der Waals surface area contributed by atoms with Crippen LogP contribution in [0, 0.1) is 0 Å². The molecule has 0 fully saturated rings. The average molecular weight is 326 g/mol. The van der Waals surface area contributed by atoms with Gasteiger partial charge >= 0.3 is 18.0 Å². The van der Waals surface area contributed by atoms with Gasteiger partial charge in [-0.15, -0.1) is 0 Å². The highest BCUT2D eigenvalue weighted by Gasteiger charge is 2.30. The van der Waals surface area contributed by atoms with Crippen LogP contribution in [0.5, 0.6) is 5.75 Å². The zero-order valence-electron chi connectivity index (χ0n) is 12.9. The zero-order valence-corrected chi connectivity index (χ0v) is 12.9. The molecule has 1 aromatic carbocycles. The van der Waals surface area contributed by atoms with Crippen LogP contribution >= 0.6 is 0 Å². The van der Waals surface area contributed by atoms with Crippen LogP contribution in [0.25, 0.3) is 0 Å². The number of ether oxygens (including phenoxy) is 2. The standard InChI is InChI=1S/C14H18N2O7/c1-14(21,12(18)19)7-15-13(20)16-8-4-5-9(11(17)23-3)10(6-8)22-2/h4-6,21H,7H2,1-3H3,(H,18,19)(H2,15,16,20). The number of anilines is 1. The van der Waals surface area contributed by atoms with E-state index in [2.05, 4.69) is 15.4 Å². The van der Waals surface area contributed by atoms with Gasteiger partial charge in [0, 0.05) is 11.8 Å². The van der Waals surface area contributed by atoms with Crippen LogP contribution in [0.15, 0.2) is 18.2 Å². The number of esters is 1. The van der Waals surface area contributed by atoms with Crippen molar-refractivity contribution in [1.82, 2.24) is 5.32 Å². The molecule has 9 nitrogen and oxygen atoms in total. The largest absolute Gasteiger partial charge is 0.496 e. The van der Waals surface area contributed by atoms with Crippen LogP contribution in [-0.4, -0.2) is 54.5 Å². The zero-order chi connectivity index (χ0) is 17.6. The first-order chi connectivity index (χ1) is 10.7. The van der Waals surface area contributed by atoms with Gasteiger partial charge in [0.2, 0.25) is 0 Å². The molecule has 2 amide bonds. The Hall–Kier alpha value is -2.81. The summed E-state index contributed by atoms with van der Waals surface area (Å²) < 4.78 is 9.64. The topological polar surface area (TPSA) is 134 Å². The third kappa shape index (κ3) is 4.85. The fourth-order valence-corrected chi connectivity index (χ4v) is 1.55. The van der Waals surface area contributed by atoms with E-state index in [9.17, 15) is 19.5 Å². The number of aliphatic carboxylic acids is 1. The quantitative estimate of drug-likeness (QED) is 0.557. The molecule has 4 N–H and O–H groups in total. The van der Waals surface area contributed by atoms with Gasteiger partial charge in [-0.05, 0) is 19.1 Å². The first-order valence-electron chi connectivity index (χ1n) is 6.48. The molecule has 0 aromatic heterocycles. The van der Waals surface area contributed by atoms with Crippen molar-refractivity contribution in [3.63, 3.8) is 0 Å². The van der Waals surface area contributed by atoms with Crippen molar-refractivity contribution in [2.24, 2.45) is 0 Å². The number of carbonyl (C=O) groups is 3. The van der Waals surface area contributed by atoms with Crippen molar-refractivity contribution in [2.75, 3.05) is 26.1 Å². The van der Waals surface area contributed by atoms with E-state index in [-0.39, 0.29) is 11.3 Å². The van der Waals surface area contributed by atoms with Gasteiger partial charge in [0.05, 0.1) is 20.8 Å². The molecule has 0 saturated carbocycles. The number of hydrogen-bond acceptors (Lipinski definition) is 6. The Morgan fingerprint density at radius 2 is 1.91 bits per heavy atom. The summed E-state index contributed by atoms with van der Waals surface area (Å²) in [6.45, 7) is 0.579. The summed E-state index contributed by atoms with van der Waals surface area (Å²) in [7, 11) is 2.59. The van der Waals surface area contributed by atoms with E-state index in [0.717, 1.165) is 6.92 Å². The lowest BCUT2D eigenvalue weighted by Gasteiger charge is -2.18. The summed E-state index contributed by atoms with van der Waals surface area (Å²) in [4.78, 5) is 33.9. The molecule has 0 aliphatic rings. The number of methoxy groups -OCH3 is 2. The van der Waals surface area contributed by atoms with Crippen molar-refractivity contribution in [2.45, 2.75) is 12.5 Å². The Balaban J connectivity index is 2.76. The Bertz CT molecular complexity index is 613. The maximum Gasteiger partial charge on any atom is 0.341 e. The van der Waals surface area contributed by atoms with Crippen molar-refractivity contribution in [1.29, 1.82) is 0 Å². The van der Waals surface area contributed by atoms with Gasteiger partial charge in [-0.25, -0.2) is 14.4 Å². The lowest BCUT2D eigenvalue weighted by Crippen LogP contribution is -2.47. The molecular weight excluding hydrogens is 308 g/mol. The molecule has 1 aromatic rings. The minimum Gasteiger partial charge on any atom is -0.496 e. The molecule has 9 heteroatoms. The summed E-state index contributed by atoms with van der Waals surface area (Å²) in [5.41, 5.74) is -1.58. The van der Waals surface area contributed by atoms with Crippen LogP contribution in [0.4, 0.5) is 10.5 Å². The van der Waals surface area contributed by atoms with Crippen LogP contribution in [0.1, 0.15) is 17.3 Å². The minimum atomic E-state index is -2.08. The van der Waals surface area contributed by atoms with Crippen molar-refractivity contribution in [3.05, 3.63) is 23.8 Å². The SMILES string of the molecule is COC(=O)c1ccc(NC(=O)NCC(C)(O)C(=O)O)cc1OC. The monoisotopic (exact) mass is 326 g/mol. The molecule has 1 rings (SSSR count). The summed E-state index contributed by atoms with van der Waals surface area (Å²) in [5.74, 6) is -1.84. The van der Waals surface area contributed by atoms with Crippen molar-refractivity contribution >= 4 is 23.7 Å². The Labute approximate surface area is 132 Å². The van der Waals surface area contributed by atoms with E-state index >= 15 is 0 Å². The fourth-order valence-electron chi connectivity index (χ4n) is 1.55. The van der Waals surface area contributed by atoms with Gasteiger partial charge in [-0.2, -0.15) is 0 Å². The Kier molecular flexibility index (Phi) is 5.91. The van der Waals surface area contributed by atoms with Crippen LogP contribution in [0.3, 0.4) is 0 Å². The molecule has 0 saturated heterocycles. The number of rotatable bonds is 6. The predicted molar refractivity (Wildman–Crippen MR) is 79.6 cm³/mol. The average Bonchev–Trinajstić information content (AvgIpc) is 2.52. The van der Waals surface area contributed by atoms with E-state index in [1.165, 1.54) is 32.4 Å². The van der Waals surface area contributed by atoms with Crippen LogP contribution in [-0.2, 0) is 9.53 Å². The number of aliphatic hydroxyl groups is 1. The minimum absolute atomic E-state index is 0.190. The summed E-state index contributed by atoms with van der Waals surface area (Å²) in [5, 5.41) is 22.9. The number of benzene rings is 1. The Morgan fingerprint density at radius 1 is 1.26 bits per heavy atom. The van der Waals surface area contributed by atoms with E-state index in [0.29, 0.717) is 5.69 Å². The Morgan fingerprint density at radius 3 is 2.43 bits per heavy atom. The van der Waals surface area contributed by atoms with E-state index in [1.807, 2.05) is 0 Å². The lowest BCUT2D eigenvalue weighted by molar-refractivity contribution is -0.155. The molecule has 23 heavy (non-hydrogen) atoms. The highest BCUT2D eigenvalue weighted by Crippen LogP contribution is 2.23. The predicted octanol–water partition coefficient (Wildman–Crippen LogP) is 0.439. The second-order valence-corrected chi connectivity index (χ2v) is 4.79. The maximum atomic E-state index is 11.7. The molecule has 0 radical (unpaired) electrons. The highest BCUT2D eigenvalue weighted by molar-refractivity contribution is 5.95. The number of carbonyl (C=O) groups excluding carboxylic acids is 2. The van der Waals surface area contributed by atoms with Gasteiger partial charge in [0.25, 0.3) is 0 Å². The number of urea groups is 1. The smallest absolute Gasteiger partial charge is 0.341 e. The normalized spacial score (nSPS) is 12.7. The van der Waals surface area contributed by atoms with Crippen molar-refractivity contribution in [3.8, 4) is 5.75 Å². The second kappa shape index (κ2) is 7.45. The molecule has 0 bridgehead atoms. The molecule has 0 spiro atoms. The van der Waals surface area contributed by atoms with Gasteiger partial charge < -0.3 is 30.3 Å². The molecule has 1 atom stereocenters. The lowest BCUT2D eigenvalue weighted by atomic mass is 10.1. The molecule has 0 aliphatic carbocycles. The fraction of sp³-hybridized carbons (Fsp3) is 0.357.